The highest BCUT2D eigenvalue weighted by molar-refractivity contribution is 6.30. The van der Waals surface area contributed by atoms with Crippen LogP contribution in [0.25, 0.3) is 11.4 Å². The first kappa shape index (κ1) is 20.5. The molecule has 2 aromatic carbocycles. The lowest BCUT2D eigenvalue weighted by Gasteiger charge is -2.12. The number of alkyl halides is 1. The van der Waals surface area contributed by atoms with Crippen LogP contribution < -0.4 is 9.47 Å². The normalized spacial score (nSPS) is 11.7. The Balaban J connectivity index is 1.61. The third-order valence-electron chi connectivity index (χ3n) is 4.01. The van der Waals surface area contributed by atoms with Gasteiger partial charge in [0.25, 0.3) is 0 Å². The maximum absolute atomic E-state index is 12.3. The molecule has 0 radical (unpaired) electrons. The predicted molar refractivity (Wildman–Crippen MR) is 109 cm³/mol. The summed E-state index contributed by atoms with van der Waals surface area (Å²) in [6, 6.07) is 14.7. The van der Waals surface area contributed by atoms with E-state index in [0.29, 0.717) is 22.9 Å². The molecule has 0 amide bonds. The average Bonchev–Trinajstić information content (AvgIpc) is 2.74. The van der Waals surface area contributed by atoms with Gasteiger partial charge in [-0.3, -0.25) is 4.79 Å². The molecule has 3 rings (SSSR count). The van der Waals surface area contributed by atoms with E-state index in [4.69, 9.17) is 21.1 Å². The van der Waals surface area contributed by atoms with E-state index in [1.165, 1.54) is 24.3 Å². The molecule has 6 nitrogen and oxygen atoms in total. The second-order valence-corrected chi connectivity index (χ2v) is 7.05. The number of carbonyl (C=O) groups excluding carboxylic acids is 2. The fourth-order valence-corrected chi connectivity index (χ4v) is 2.43. The molecular weight excluding hydrogens is 392 g/mol. The first-order chi connectivity index (χ1) is 13.9. The van der Waals surface area contributed by atoms with E-state index in [1.54, 1.807) is 42.7 Å². The number of benzene rings is 2. The molecule has 7 heteroatoms. The number of ether oxygens (including phenoxy) is 2. The Morgan fingerprint density at radius 3 is 2.00 bits per heavy atom. The third kappa shape index (κ3) is 5.39. The van der Waals surface area contributed by atoms with Crippen molar-refractivity contribution in [2.45, 2.75) is 19.2 Å². The van der Waals surface area contributed by atoms with E-state index in [1.807, 2.05) is 13.8 Å². The van der Waals surface area contributed by atoms with Crippen LogP contribution in [0.15, 0.2) is 67.0 Å². The second kappa shape index (κ2) is 9.30. The molecule has 29 heavy (non-hydrogen) atoms. The van der Waals surface area contributed by atoms with Crippen molar-refractivity contribution >= 4 is 23.5 Å². The highest BCUT2D eigenvalue weighted by Gasteiger charge is 2.21. The number of carbonyl (C=O) groups is 2. The van der Waals surface area contributed by atoms with Gasteiger partial charge in [0.1, 0.15) is 16.9 Å². The number of hydrogen-bond donors (Lipinski definition) is 0. The molecule has 3 aromatic rings. The summed E-state index contributed by atoms with van der Waals surface area (Å²) in [5, 5.41) is -0.733. The van der Waals surface area contributed by atoms with Crippen molar-refractivity contribution in [3.8, 4) is 22.9 Å². The first-order valence-electron chi connectivity index (χ1n) is 8.99. The zero-order valence-corrected chi connectivity index (χ0v) is 16.7. The van der Waals surface area contributed by atoms with Crippen LogP contribution in [0.1, 0.15) is 24.2 Å². The number of aromatic nitrogens is 2. The summed E-state index contributed by atoms with van der Waals surface area (Å²) in [6.45, 7) is 3.66. The number of nitrogens with zero attached hydrogens (tertiary/aromatic N) is 2. The minimum absolute atomic E-state index is 0.0433. The molecule has 1 aromatic heterocycles. The van der Waals surface area contributed by atoms with Crippen molar-refractivity contribution in [1.29, 1.82) is 0 Å². The zero-order valence-electron chi connectivity index (χ0n) is 15.9. The van der Waals surface area contributed by atoms with Gasteiger partial charge in [0.15, 0.2) is 5.82 Å². The largest absolute Gasteiger partial charge is 0.425 e. The zero-order chi connectivity index (χ0) is 20.8. The Kier molecular flexibility index (Phi) is 6.57. The van der Waals surface area contributed by atoms with Gasteiger partial charge in [-0.15, -0.1) is 11.6 Å². The molecule has 1 unspecified atom stereocenters. The van der Waals surface area contributed by atoms with Gasteiger partial charge in [-0.1, -0.05) is 13.8 Å². The summed E-state index contributed by atoms with van der Waals surface area (Å²) >= 11 is 5.98. The van der Waals surface area contributed by atoms with Crippen LogP contribution in [0.4, 0.5) is 0 Å². The number of rotatable bonds is 6. The Labute approximate surface area is 173 Å². The Morgan fingerprint density at radius 1 is 0.862 bits per heavy atom. The van der Waals surface area contributed by atoms with Crippen molar-refractivity contribution in [2.75, 3.05) is 0 Å². The number of hydrogen-bond acceptors (Lipinski definition) is 6. The van der Waals surface area contributed by atoms with Crippen LogP contribution in [-0.4, -0.2) is 27.3 Å². The van der Waals surface area contributed by atoms with Gasteiger partial charge < -0.3 is 9.47 Å². The minimum atomic E-state index is -0.733. The molecule has 0 aliphatic heterocycles. The lowest BCUT2D eigenvalue weighted by atomic mass is 10.1. The summed E-state index contributed by atoms with van der Waals surface area (Å²) in [7, 11) is 0. The molecule has 0 aliphatic rings. The van der Waals surface area contributed by atoms with Crippen molar-refractivity contribution in [3.63, 3.8) is 0 Å². The van der Waals surface area contributed by atoms with Gasteiger partial charge >= 0.3 is 11.9 Å². The Morgan fingerprint density at radius 2 is 1.41 bits per heavy atom. The smallest absolute Gasteiger partial charge is 0.343 e. The molecule has 0 saturated carbocycles. The molecule has 148 valence electrons. The summed E-state index contributed by atoms with van der Waals surface area (Å²) < 4.78 is 10.6. The molecule has 0 fully saturated rings. The topological polar surface area (TPSA) is 78.4 Å². The summed E-state index contributed by atoms with van der Waals surface area (Å²) in [6.07, 6.45) is 3.32. The molecule has 0 spiro atoms. The van der Waals surface area contributed by atoms with E-state index >= 15 is 0 Å². The van der Waals surface area contributed by atoms with Crippen molar-refractivity contribution in [3.05, 3.63) is 72.6 Å². The highest BCUT2D eigenvalue weighted by atomic mass is 35.5. The maximum atomic E-state index is 12.3. The summed E-state index contributed by atoms with van der Waals surface area (Å²) in [5.41, 5.74) is 1.14. The summed E-state index contributed by atoms with van der Waals surface area (Å²) in [5.74, 6) is 0.200. The molecule has 1 atom stereocenters. The molecule has 0 N–H and O–H groups in total. The van der Waals surface area contributed by atoms with Crippen LogP contribution in [0.2, 0.25) is 0 Å². The number of halogens is 1. The lowest BCUT2D eigenvalue weighted by molar-refractivity contribution is -0.134. The van der Waals surface area contributed by atoms with Crippen molar-refractivity contribution < 1.29 is 19.1 Å². The van der Waals surface area contributed by atoms with E-state index in [2.05, 4.69) is 9.97 Å². The average molecular weight is 411 g/mol. The summed E-state index contributed by atoms with van der Waals surface area (Å²) in [4.78, 5) is 32.6. The predicted octanol–water partition coefficient (Wildman–Crippen LogP) is 4.53. The lowest BCUT2D eigenvalue weighted by Crippen LogP contribution is -2.25. The van der Waals surface area contributed by atoms with Gasteiger partial charge in [-0.2, -0.15) is 0 Å². The van der Waals surface area contributed by atoms with Crippen LogP contribution >= 0.6 is 11.6 Å². The van der Waals surface area contributed by atoms with Crippen LogP contribution in [-0.2, 0) is 4.79 Å². The SMILES string of the molecule is CC(C)C(Cl)C(=O)Oc1ccc(C(=O)Oc2ccc(-c3ncccn3)cc2)cc1. The van der Waals surface area contributed by atoms with E-state index in [0.717, 1.165) is 5.56 Å². The van der Waals surface area contributed by atoms with Gasteiger partial charge in [0, 0.05) is 18.0 Å². The van der Waals surface area contributed by atoms with E-state index in [-0.39, 0.29) is 5.92 Å². The van der Waals surface area contributed by atoms with Crippen LogP contribution in [0.3, 0.4) is 0 Å². The van der Waals surface area contributed by atoms with Crippen LogP contribution in [0, 0.1) is 5.92 Å². The minimum Gasteiger partial charge on any atom is -0.425 e. The van der Waals surface area contributed by atoms with Crippen LogP contribution in [0.5, 0.6) is 11.5 Å². The Bertz CT molecular complexity index is 974. The van der Waals surface area contributed by atoms with E-state index in [9.17, 15) is 9.59 Å². The second-order valence-electron chi connectivity index (χ2n) is 6.58. The molecule has 0 bridgehead atoms. The van der Waals surface area contributed by atoms with E-state index < -0.39 is 17.3 Å². The Hall–Kier alpha value is -3.25. The van der Waals surface area contributed by atoms with Crippen molar-refractivity contribution in [1.82, 2.24) is 9.97 Å². The molecule has 0 saturated heterocycles. The fraction of sp³-hybridized carbons (Fsp3) is 0.182. The standard InChI is InChI=1S/C22H19ClN2O4/c1-14(2)19(23)22(27)29-18-10-6-16(7-11-18)21(26)28-17-8-4-15(5-9-17)20-24-12-3-13-25-20/h3-14,19H,1-2H3. The van der Waals surface area contributed by atoms with Gasteiger partial charge in [-0.05, 0) is 60.5 Å². The fourth-order valence-electron chi connectivity index (χ4n) is 2.39. The maximum Gasteiger partial charge on any atom is 0.343 e. The number of esters is 2. The molecule has 1 heterocycles. The molecule has 0 aliphatic carbocycles. The van der Waals surface area contributed by atoms with Crippen molar-refractivity contribution in [2.24, 2.45) is 5.92 Å². The quantitative estimate of drug-likeness (QED) is 0.337. The highest BCUT2D eigenvalue weighted by Crippen LogP contribution is 2.21. The van der Waals surface area contributed by atoms with Gasteiger partial charge in [-0.25, -0.2) is 14.8 Å². The first-order valence-corrected chi connectivity index (χ1v) is 9.43. The monoisotopic (exact) mass is 410 g/mol. The van der Waals surface area contributed by atoms with Gasteiger partial charge in [0.05, 0.1) is 5.56 Å². The molecular formula is C22H19ClN2O4. The third-order valence-corrected chi connectivity index (χ3v) is 4.69. The van der Waals surface area contributed by atoms with Gasteiger partial charge in [0.2, 0.25) is 0 Å².